The van der Waals surface area contributed by atoms with Crippen LogP contribution >= 0.6 is 0 Å². The minimum absolute atomic E-state index is 0.248. The molecule has 2 fully saturated rings. The molecule has 0 aromatic rings. The van der Waals surface area contributed by atoms with Crippen molar-refractivity contribution in [1.29, 1.82) is 0 Å². The highest BCUT2D eigenvalue weighted by molar-refractivity contribution is 4.86. The largest absolute Gasteiger partial charge is 0.381 e. The molecule has 0 aliphatic carbocycles. The Bertz CT molecular complexity index is 256. The molecule has 106 valence electrons. The molecule has 2 saturated heterocycles. The first-order valence-corrected chi connectivity index (χ1v) is 7.52. The molecule has 3 heteroatoms. The first-order chi connectivity index (χ1) is 8.46. The lowest BCUT2D eigenvalue weighted by molar-refractivity contribution is 0.142. The maximum absolute atomic E-state index is 5.52. The van der Waals surface area contributed by atoms with Gasteiger partial charge in [0.2, 0.25) is 0 Å². The maximum Gasteiger partial charge on any atom is 0.0509 e. The van der Waals surface area contributed by atoms with E-state index in [9.17, 15) is 0 Å². The van der Waals surface area contributed by atoms with Crippen molar-refractivity contribution in [1.82, 2.24) is 10.2 Å². The summed E-state index contributed by atoms with van der Waals surface area (Å²) in [6.07, 6.45) is 2.60. The van der Waals surface area contributed by atoms with Crippen LogP contribution in [0.1, 0.15) is 40.5 Å². The van der Waals surface area contributed by atoms with E-state index in [0.29, 0.717) is 6.04 Å². The minimum atomic E-state index is 0.248. The van der Waals surface area contributed by atoms with Crippen LogP contribution in [-0.4, -0.2) is 49.3 Å². The molecule has 0 aromatic heterocycles. The predicted octanol–water partition coefficient (Wildman–Crippen LogP) is 2.12. The second-order valence-corrected chi connectivity index (χ2v) is 7.14. The van der Waals surface area contributed by atoms with Gasteiger partial charge >= 0.3 is 0 Å². The number of rotatable bonds is 4. The molecule has 0 saturated carbocycles. The van der Waals surface area contributed by atoms with Gasteiger partial charge < -0.3 is 10.1 Å². The molecular weight excluding hydrogens is 224 g/mol. The summed E-state index contributed by atoms with van der Waals surface area (Å²) in [4.78, 5) is 2.67. The molecule has 18 heavy (non-hydrogen) atoms. The zero-order valence-electron chi connectivity index (χ0n) is 12.5. The van der Waals surface area contributed by atoms with Crippen LogP contribution in [0.2, 0.25) is 0 Å². The molecule has 0 radical (unpaired) electrons. The van der Waals surface area contributed by atoms with Crippen LogP contribution in [0.25, 0.3) is 0 Å². The van der Waals surface area contributed by atoms with Crippen LogP contribution in [-0.2, 0) is 4.74 Å². The molecule has 0 aromatic carbocycles. The summed E-state index contributed by atoms with van der Waals surface area (Å²) in [7, 11) is 0. The molecule has 3 atom stereocenters. The summed E-state index contributed by atoms with van der Waals surface area (Å²) in [5.74, 6) is 1.59. The van der Waals surface area contributed by atoms with E-state index in [2.05, 4.69) is 37.9 Å². The number of nitrogens with one attached hydrogen (secondary N) is 1. The lowest BCUT2D eigenvalue weighted by atomic mass is 9.99. The van der Waals surface area contributed by atoms with Gasteiger partial charge in [-0.05, 0) is 65.5 Å². The summed E-state index contributed by atoms with van der Waals surface area (Å²) in [6, 6.07) is 0.701. The van der Waals surface area contributed by atoms with Gasteiger partial charge in [-0.3, -0.25) is 4.90 Å². The zero-order valence-corrected chi connectivity index (χ0v) is 12.5. The summed E-state index contributed by atoms with van der Waals surface area (Å²) in [5.41, 5.74) is 0.248. The third-order valence-electron chi connectivity index (χ3n) is 4.46. The fourth-order valence-electron chi connectivity index (χ4n) is 3.08. The Morgan fingerprint density at radius 3 is 2.72 bits per heavy atom. The third kappa shape index (κ3) is 3.94. The molecule has 0 bridgehead atoms. The van der Waals surface area contributed by atoms with Gasteiger partial charge in [-0.15, -0.1) is 0 Å². The molecule has 2 rings (SSSR count). The number of hydrogen-bond donors (Lipinski definition) is 1. The standard InChI is InChI=1S/C15H30N2O/c1-12(14-6-8-18-11-14)17-7-5-13(10-17)9-16-15(2,3)4/h12-14,16H,5-11H2,1-4H3. The van der Waals surface area contributed by atoms with Crippen LogP contribution < -0.4 is 5.32 Å². The van der Waals surface area contributed by atoms with Gasteiger partial charge in [0.05, 0.1) is 6.61 Å². The van der Waals surface area contributed by atoms with E-state index in [-0.39, 0.29) is 5.54 Å². The molecule has 2 aliphatic heterocycles. The van der Waals surface area contributed by atoms with Crippen LogP contribution in [0.15, 0.2) is 0 Å². The van der Waals surface area contributed by atoms with Crippen LogP contribution in [0.3, 0.4) is 0 Å². The van der Waals surface area contributed by atoms with Crippen molar-refractivity contribution in [2.45, 2.75) is 52.1 Å². The Balaban J connectivity index is 1.74. The molecule has 3 unspecified atom stereocenters. The van der Waals surface area contributed by atoms with E-state index in [4.69, 9.17) is 4.74 Å². The summed E-state index contributed by atoms with van der Waals surface area (Å²) in [6.45, 7) is 14.8. The number of hydrogen-bond acceptors (Lipinski definition) is 3. The van der Waals surface area contributed by atoms with Crippen LogP contribution in [0, 0.1) is 11.8 Å². The van der Waals surface area contributed by atoms with Gasteiger partial charge in [-0.25, -0.2) is 0 Å². The Morgan fingerprint density at radius 2 is 2.11 bits per heavy atom. The maximum atomic E-state index is 5.52. The van der Waals surface area contributed by atoms with Gasteiger partial charge in [0.15, 0.2) is 0 Å². The quantitative estimate of drug-likeness (QED) is 0.832. The Kier molecular flexibility index (Phi) is 4.68. The second-order valence-electron chi connectivity index (χ2n) is 7.14. The van der Waals surface area contributed by atoms with Crippen LogP contribution in [0.4, 0.5) is 0 Å². The molecule has 1 N–H and O–H groups in total. The molecular formula is C15H30N2O. The lowest BCUT2D eigenvalue weighted by Crippen LogP contribution is -2.41. The smallest absolute Gasteiger partial charge is 0.0509 e. The number of ether oxygens (including phenoxy) is 1. The van der Waals surface area contributed by atoms with E-state index in [1.807, 2.05) is 0 Å². The van der Waals surface area contributed by atoms with Crippen molar-refractivity contribution in [2.24, 2.45) is 11.8 Å². The first kappa shape index (κ1) is 14.3. The Labute approximate surface area is 112 Å². The van der Waals surface area contributed by atoms with E-state index in [1.54, 1.807) is 0 Å². The van der Waals surface area contributed by atoms with E-state index >= 15 is 0 Å². The summed E-state index contributed by atoms with van der Waals surface area (Å²) >= 11 is 0. The molecule has 0 spiro atoms. The topological polar surface area (TPSA) is 24.5 Å². The molecule has 2 aliphatic rings. The van der Waals surface area contributed by atoms with Gasteiger partial charge in [-0.1, -0.05) is 0 Å². The van der Waals surface area contributed by atoms with Crippen molar-refractivity contribution in [2.75, 3.05) is 32.8 Å². The SMILES string of the molecule is CC(C1CCOC1)N1CCC(CNC(C)(C)C)C1. The minimum Gasteiger partial charge on any atom is -0.381 e. The van der Waals surface area contributed by atoms with E-state index in [1.165, 1.54) is 25.9 Å². The summed E-state index contributed by atoms with van der Waals surface area (Å²) < 4.78 is 5.52. The molecule has 0 amide bonds. The fraction of sp³-hybridized carbons (Fsp3) is 1.00. The van der Waals surface area contributed by atoms with Crippen LogP contribution in [0.5, 0.6) is 0 Å². The molecule has 3 nitrogen and oxygen atoms in total. The monoisotopic (exact) mass is 254 g/mol. The second kappa shape index (κ2) is 5.89. The highest BCUT2D eigenvalue weighted by Gasteiger charge is 2.32. The van der Waals surface area contributed by atoms with E-state index < -0.39 is 0 Å². The first-order valence-electron chi connectivity index (χ1n) is 7.52. The van der Waals surface area contributed by atoms with Gasteiger partial charge in [0.25, 0.3) is 0 Å². The van der Waals surface area contributed by atoms with Gasteiger partial charge in [0.1, 0.15) is 0 Å². The highest BCUT2D eigenvalue weighted by Crippen LogP contribution is 2.26. The number of nitrogens with zero attached hydrogens (tertiary/aromatic N) is 1. The van der Waals surface area contributed by atoms with Gasteiger partial charge in [0, 0.05) is 24.7 Å². The van der Waals surface area contributed by atoms with Gasteiger partial charge in [-0.2, -0.15) is 0 Å². The average Bonchev–Trinajstić information content (AvgIpc) is 2.96. The van der Waals surface area contributed by atoms with Crippen molar-refractivity contribution in [3.8, 4) is 0 Å². The molecule has 2 heterocycles. The highest BCUT2D eigenvalue weighted by atomic mass is 16.5. The lowest BCUT2D eigenvalue weighted by Gasteiger charge is -2.29. The predicted molar refractivity (Wildman–Crippen MR) is 75.8 cm³/mol. The Hall–Kier alpha value is -0.120. The van der Waals surface area contributed by atoms with Crippen molar-refractivity contribution in [3.05, 3.63) is 0 Å². The number of likely N-dealkylation sites (tertiary alicyclic amines) is 1. The fourth-order valence-corrected chi connectivity index (χ4v) is 3.08. The van der Waals surface area contributed by atoms with Crippen molar-refractivity contribution in [3.63, 3.8) is 0 Å². The normalized spacial score (nSPS) is 32.0. The average molecular weight is 254 g/mol. The van der Waals surface area contributed by atoms with Crippen molar-refractivity contribution >= 4 is 0 Å². The van der Waals surface area contributed by atoms with Crippen molar-refractivity contribution < 1.29 is 4.74 Å². The van der Waals surface area contributed by atoms with E-state index in [0.717, 1.165) is 31.6 Å². The zero-order chi connectivity index (χ0) is 13.2. The third-order valence-corrected chi connectivity index (χ3v) is 4.46. The Morgan fingerprint density at radius 1 is 1.33 bits per heavy atom. The summed E-state index contributed by atoms with van der Waals surface area (Å²) in [5, 5.41) is 3.64.